The highest BCUT2D eigenvalue weighted by Gasteiger charge is 2.35. The van der Waals surface area contributed by atoms with Crippen LogP contribution in [0.3, 0.4) is 0 Å². The summed E-state index contributed by atoms with van der Waals surface area (Å²) in [7, 11) is -2.55. The predicted molar refractivity (Wildman–Crippen MR) is 123 cm³/mol. The molecule has 2 aliphatic rings. The van der Waals surface area contributed by atoms with E-state index in [1.807, 2.05) is 6.07 Å². The molecule has 2 aliphatic heterocycles. The third kappa shape index (κ3) is 3.93. The van der Waals surface area contributed by atoms with Crippen LogP contribution < -0.4 is 8.92 Å². The monoisotopic (exact) mass is 437 g/mol. The van der Waals surface area contributed by atoms with E-state index in [0.29, 0.717) is 12.3 Å². The number of hydrogen-bond acceptors (Lipinski definition) is 5. The molecule has 0 saturated carbocycles. The normalized spacial score (nSPS) is 18.4. The molecule has 2 heterocycles. The van der Waals surface area contributed by atoms with Crippen LogP contribution in [-0.2, 0) is 29.5 Å². The van der Waals surface area contributed by atoms with E-state index in [2.05, 4.69) is 43.2 Å². The van der Waals surface area contributed by atoms with Crippen molar-refractivity contribution in [2.24, 2.45) is 0 Å². The third-order valence-corrected chi connectivity index (χ3v) is 7.31. The van der Waals surface area contributed by atoms with E-state index < -0.39 is 10.1 Å². The zero-order valence-corrected chi connectivity index (χ0v) is 18.7. The largest absolute Gasteiger partial charge is 0.493 e. The molecule has 2 aromatic rings. The molecular weight excluding hydrogens is 410 g/mol. The highest BCUT2D eigenvalue weighted by Crippen LogP contribution is 2.44. The Morgan fingerprint density at radius 3 is 2.71 bits per heavy atom. The van der Waals surface area contributed by atoms with Crippen LogP contribution >= 0.6 is 0 Å². The van der Waals surface area contributed by atoms with Gasteiger partial charge >= 0.3 is 10.1 Å². The number of nitrogens with zero attached hydrogens (tertiary/aromatic N) is 1. The van der Waals surface area contributed by atoms with Gasteiger partial charge in [-0.15, -0.1) is 0 Å². The number of allylic oxidation sites excluding steroid dienone is 3. The summed E-state index contributed by atoms with van der Waals surface area (Å²) in [6, 6.07) is 10.7. The van der Waals surface area contributed by atoms with Gasteiger partial charge in [-0.05, 0) is 54.7 Å². The van der Waals surface area contributed by atoms with Crippen LogP contribution in [0.4, 0.5) is 0 Å². The fraction of sp³-hybridized carbons (Fsp3) is 0.280. The zero-order valence-electron chi connectivity index (χ0n) is 17.9. The number of rotatable bonds is 6. The molecule has 162 valence electrons. The van der Waals surface area contributed by atoms with E-state index in [1.165, 1.54) is 42.0 Å². The van der Waals surface area contributed by atoms with Crippen molar-refractivity contribution in [1.29, 1.82) is 0 Å². The lowest BCUT2D eigenvalue weighted by atomic mass is 9.83. The minimum Gasteiger partial charge on any atom is -0.493 e. The van der Waals surface area contributed by atoms with Gasteiger partial charge in [0.2, 0.25) is 0 Å². The van der Waals surface area contributed by atoms with Gasteiger partial charge in [-0.1, -0.05) is 49.1 Å². The minimum atomic E-state index is -4.06. The zero-order chi connectivity index (χ0) is 22.2. The Kier molecular flexibility index (Phi) is 5.77. The molecule has 0 bridgehead atoms. The van der Waals surface area contributed by atoms with Crippen LogP contribution in [0.15, 0.2) is 66.6 Å². The van der Waals surface area contributed by atoms with Crippen molar-refractivity contribution < 1.29 is 17.3 Å². The van der Waals surface area contributed by atoms with Gasteiger partial charge in [0.15, 0.2) is 11.5 Å². The maximum Gasteiger partial charge on any atom is 0.339 e. The summed E-state index contributed by atoms with van der Waals surface area (Å²) < 4.78 is 36.8. The Morgan fingerprint density at radius 1 is 1.19 bits per heavy atom. The van der Waals surface area contributed by atoms with Gasteiger partial charge < -0.3 is 8.92 Å². The van der Waals surface area contributed by atoms with Crippen molar-refractivity contribution >= 4 is 10.1 Å². The summed E-state index contributed by atoms with van der Waals surface area (Å²) in [6.45, 7) is 10.8. The molecule has 0 fully saturated rings. The summed E-state index contributed by atoms with van der Waals surface area (Å²) in [4.78, 5) is 2.35. The molecule has 1 unspecified atom stereocenters. The van der Waals surface area contributed by atoms with E-state index >= 15 is 0 Å². The topological polar surface area (TPSA) is 55.8 Å². The van der Waals surface area contributed by atoms with E-state index in [4.69, 9.17) is 8.92 Å². The average molecular weight is 438 g/mol. The predicted octanol–water partition coefficient (Wildman–Crippen LogP) is 4.62. The molecule has 0 aliphatic carbocycles. The van der Waals surface area contributed by atoms with Crippen LogP contribution in [0, 0.1) is 6.92 Å². The highest BCUT2D eigenvalue weighted by molar-refractivity contribution is 7.91. The SMILES string of the molecule is C=C/C=C(\C=C)S(=O)(=O)Oc1c(OC)ccc2c1CN1CCc3cc(C)ccc3C1C2. The van der Waals surface area contributed by atoms with Gasteiger partial charge in [0.25, 0.3) is 0 Å². The summed E-state index contributed by atoms with van der Waals surface area (Å²) in [6.07, 6.45) is 5.78. The summed E-state index contributed by atoms with van der Waals surface area (Å²) in [5, 5.41) is 0. The molecule has 5 nitrogen and oxygen atoms in total. The highest BCUT2D eigenvalue weighted by atomic mass is 32.2. The number of fused-ring (bicyclic) bond motifs is 4. The van der Waals surface area contributed by atoms with Crippen molar-refractivity contribution in [3.05, 3.63) is 94.4 Å². The lowest BCUT2D eigenvalue weighted by Gasteiger charge is -2.42. The maximum atomic E-state index is 12.9. The number of aryl methyl sites for hydroxylation is 1. The Bertz CT molecular complexity index is 1180. The van der Waals surface area contributed by atoms with Gasteiger partial charge in [-0.25, -0.2) is 0 Å². The maximum absolute atomic E-state index is 12.9. The molecule has 0 radical (unpaired) electrons. The van der Waals surface area contributed by atoms with Crippen molar-refractivity contribution in [2.45, 2.75) is 32.4 Å². The number of hydrogen-bond donors (Lipinski definition) is 0. The minimum absolute atomic E-state index is 0.0434. The second kappa shape index (κ2) is 8.36. The van der Waals surface area contributed by atoms with E-state index in [0.717, 1.165) is 30.5 Å². The third-order valence-electron chi connectivity index (χ3n) is 6.05. The number of ether oxygens (including phenoxy) is 1. The summed E-state index contributed by atoms with van der Waals surface area (Å²) in [5.41, 5.74) is 5.98. The molecule has 31 heavy (non-hydrogen) atoms. The number of benzene rings is 2. The fourth-order valence-corrected chi connectivity index (χ4v) is 5.49. The molecule has 0 saturated heterocycles. The van der Waals surface area contributed by atoms with Gasteiger partial charge in [0.05, 0.1) is 7.11 Å². The first kappa shape index (κ1) is 21.4. The molecular formula is C25H27NO4S. The Morgan fingerprint density at radius 2 is 2.00 bits per heavy atom. The van der Waals surface area contributed by atoms with Gasteiger partial charge in [0, 0.05) is 24.7 Å². The molecule has 0 spiro atoms. The van der Waals surface area contributed by atoms with Crippen LogP contribution in [-0.4, -0.2) is 27.0 Å². The molecule has 2 aromatic carbocycles. The van der Waals surface area contributed by atoms with Crippen LogP contribution in [0.2, 0.25) is 0 Å². The second-order valence-electron chi connectivity index (χ2n) is 7.92. The molecule has 0 aromatic heterocycles. The van der Waals surface area contributed by atoms with Crippen molar-refractivity contribution in [3.63, 3.8) is 0 Å². The Labute approximate surface area is 184 Å². The summed E-state index contributed by atoms with van der Waals surface area (Å²) in [5.74, 6) is 0.654. The standard InChI is InChI=1S/C25H27NO4S/c1-5-7-20(6-2)31(27,28)30-25-22-16-26-13-12-19-14-17(3)8-10-21(19)23(26)15-18(22)9-11-24(25)29-4/h5-11,14,23H,1-2,12-13,15-16H2,3-4H3/b20-7+. The van der Waals surface area contributed by atoms with Gasteiger partial charge in [-0.2, -0.15) is 8.42 Å². The first-order chi connectivity index (χ1) is 14.9. The molecule has 1 atom stereocenters. The van der Waals surface area contributed by atoms with E-state index in [9.17, 15) is 8.42 Å². The van der Waals surface area contributed by atoms with E-state index in [-0.39, 0.29) is 16.7 Å². The quantitative estimate of drug-likeness (QED) is 0.487. The second-order valence-corrected chi connectivity index (χ2v) is 9.47. The fourth-order valence-electron chi connectivity index (χ4n) is 4.52. The molecule has 6 heteroatoms. The lowest BCUT2D eigenvalue weighted by Crippen LogP contribution is -2.39. The van der Waals surface area contributed by atoms with Gasteiger partial charge in [0.1, 0.15) is 4.91 Å². The number of methoxy groups -OCH3 is 1. The molecule has 4 rings (SSSR count). The Balaban J connectivity index is 1.76. The van der Waals surface area contributed by atoms with E-state index in [1.54, 1.807) is 6.07 Å². The van der Waals surface area contributed by atoms with Crippen molar-refractivity contribution in [2.75, 3.05) is 13.7 Å². The molecule has 0 N–H and O–H groups in total. The lowest BCUT2D eigenvalue weighted by molar-refractivity contribution is 0.159. The first-order valence-corrected chi connectivity index (χ1v) is 11.7. The van der Waals surface area contributed by atoms with Crippen molar-refractivity contribution in [1.82, 2.24) is 4.90 Å². The first-order valence-electron chi connectivity index (χ1n) is 10.3. The van der Waals surface area contributed by atoms with Gasteiger partial charge in [-0.3, -0.25) is 4.90 Å². The average Bonchev–Trinajstić information content (AvgIpc) is 2.75. The smallest absolute Gasteiger partial charge is 0.339 e. The van der Waals surface area contributed by atoms with Crippen molar-refractivity contribution in [3.8, 4) is 11.5 Å². The molecule has 0 amide bonds. The summed E-state index contributed by atoms with van der Waals surface area (Å²) >= 11 is 0. The van der Waals surface area contributed by atoms with Crippen LogP contribution in [0.25, 0.3) is 0 Å². The van der Waals surface area contributed by atoms with Crippen LogP contribution in [0.5, 0.6) is 11.5 Å². The van der Waals surface area contributed by atoms with Crippen LogP contribution in [0.1, 0.15) is 33.9 Å². The Hall–Kier alpha value is -2.83.